The van der Waals surface area contributed by atoms with Crippen LogP contribution in [0.3, 0.4) is 0 Å². The molecule has 1 heterocycles. The highest BCUT2D eigenvalue weighted by atomic mass is 16.2. The van der Waals surface area contributed by atoms with Crippen molar-refractivity contribution in [2.45, 2.75) is 27.2 Å². The van der Waals surface area contributed by atoms with Crippen LogP contribution >= 0.6 is 0 Å². The zero-order valence-electron chi connectivity index (χ0n) is 11.4. The van der Waals surface area contributed by atoms with Crippen molar-refractivity contribution in [1.82, 2.24) is 15.6 Å². The van der Waals surface area contributed by atoms with Crippen LogP contribution in [0.2, 0.25) is 0 Å². The number of Topliss-reactive ketones (excluding diaryl/α,β-unsaturated/α-hetero) is 1. The second-order valence-electron chi connectivity index (χ2n) is 4.25. The van der Waals surface area contributed by atoms with E-state index in [9.17, 15) is 9.59 Å². The topological polar surface area (TPSA) is 74.0 Å². The van der Waals surface area contributed by atoms with Gasteiger partial charge in [-0.1, -0.05) is 6.92 Å². The van der Waals surface area contributed by atoms with Crippen molar-refractivity contribution in [3.63, 3.8) is 0 Å². The predicted octanol–water partition coefficient (Wildman–Crippen LogP) is 1.04. The van der Waals surface area contributed by atoms with E-state index in [-0.39, 0.29) is 11.7 Å². The molecule has 5 heteroatoms. The molecule has 0 bridgehead atoms. The molecule has 0 fully saturated rings. The van der Waals surface area contributed by atoms with Crippen molar-refractivity contribution < 1.29 is 9.59 Å². The minimum atomic E-state index is -0.155. The average Bonchev–Trinajstić information content (AvgIpc) is 2.66. The number of aromatic nitrogens is 1. The number of carbonyl (C=O) groups excluding carboxylic acids is 2. The number of nitrogens with one attached hydrogen (secondary N) is 3. The molecule has 1 aromatic heterocycles. The molecule has 1 aromatic rings. The molecule has 100 valence electrons. The third-order valence-electron chi connectivity index (χ3n) is 2.88. The Bertz CT molecular complexity index is 449. The van der Waals surface area contributed by atoms with Gasteiger partial charge in [-0.15, -0.1) is 0 Å². The molecule has 18 heavy (non-hydrogen) atoms. The van der Waals surface area contributed by atoms with E-state index in [4.69, 9.17) is 0 Å². The van der Waals surface area contributed by atoms with E-state index in [0.29, 0.717) is 30.8 Å². The number of rotatable bonds is 6. The highest BCUT2D eigenvalue weighted by molar-refractivity contribution is 6.02. The molecule has 5 nitrogen and oxygen atoms in total. The molecule has 3 N–H and O–H groups in total. The largest absolute Gasteiger partial charge is 0.354 e. The maximum absolute atomic E-state index is 12.0. The molecule has 0 aliphatic heterocycles. The first-order valence-electron chi connectivity index (χ1n) is 6.18. The molecule has 0 atom stereocenters. The minimum Gasteiger partial charge on any atom is -0.354 e. The summed E-state index contributed by atoms with van der Waals surface area (Å²) in [4.78, 5) is 26.6. The first-order chi connectivity index (χ1) is 8.52. The Hall–Kier alpha value is -1.62. The summed E-state index contributed by atoms with van der Waals surface area (Å²) in [5.74, 6) is -0.160. The first-order valence-corrected chi connectivity index (χ1v) is 6.18. The van der Waals surface area contributed by atoms with E-state index in [2.05, 4.69) is 15.6 Å². The van der Waals surface area contributed by atoms with Crippen molar-refractivity contribution in [3.05, 3.63) is 22.5 Å². The minimum absolute atomic E-state index is 0.00475. The van der Waals surface area contributed by atoms with Crippen molar-refractivity contribution in [2.24, 2.45) is 0 Å². The van der Waals surface area contributed by atoms with E-state index >= 15 is 0 Å². The van der Waals surface area contributed by atoms with Gasteiger partial charge in [0.2, 0.25) is 0 Å². The van der Waals surface area contributed by atoms with Crippen molar-refractivity contribution in [2.75, 3.05) is 20.1 Å². The third kappa shape index (κ3) is 2.98. The standard InChI is InChI=1S/C13H21N3O2/c1-5-10-11(9(3)17)8(2)16-12(10)13(18)15-7-6-14-4/h14,16H,5-7H2,1-4H3,(H,15,18). The molecule has 0 aromatic carbocycles. The quantitative estimate of drug-likeness (QED) is 0.522. The molecule has 0 aliphatic rings. The van der Waals surface area contributed by atoms with Gasteiger partial charge in [0.1, 0.15) is 5.69 Å². The molecule has 0 radical (unpaired) electrons. The van der Waals surface area contributed by atoms with Crippen LogP contribution in [0.1, 0.15) is 46.0 Å². The summed E-state index contributed by atoms with van der Waals surface area (Å²) in [5, 5.41) is 5.77. The van der Waals surface area contributed by atoms with E-state index < -0.39 is 0 Å². The molecule has 0 spiro atoms. The fourth-order valence-corrected chi connectivity index (χ4v) is 2.09. The lowest BCUT2D eigenvalue weighted by molar-refractivity contribution is 0.0948. The normalized spacial score (nSPS) is 10.4. The maximum Gasteiger partial charge on any atom is 0.268 e. The zero-order chi connectivity index (χ0) is 13.7. The number of aryl methyl sites for hydroxylation is 1. The number of carbonyl (C=O) groups is 2. The second-order valence-corrected chi connectivity index (χ2v) is 4.25. The lowest BCUT2D eigenvalue weighted by Gasteiger charge is -2.05. The molecule has 0 unspecified atom stereocenters. The summed E-state index contributed by atoms with van der Waals surface area (Å²) in [7, 11) is 1.83. The number of hydrogen-bond donors (Lipinski definition) is 3. The summed E-state index contributed by atoms with van der Waals surface area (Å²) in [6.07, 6.45) is 0.661. The van der Waals surface area contributed by atoms with Gasteiger partial charge in [-0.3, -0.25) is 9.59 Å². The van der Waals surface area contributed by atoms with Gasteiger partial charge in [-0.25, -0.2) is 0 Å². The first kappa shape index (κ1) is 14.4. The maximum atomic E-state index is 12.0. The molecule has 0 saturated carbocycles. The molecule has 1 rings (SSSR count). The van der Waals surface area contributed by atoms with Crippen molar-refractivity contribution >= 4 is 11.7 Å². The van der Waals surface area contributed by atoms with E-state index in [1.165, 1.54) is 6.92 Å². The molecule has 0 saturated heterocycles. The van der Waals surface area contributed by atoms with Crippen molar-refractivity contribution in [1.29, 1.82) is 0 Å². The summed E-state index contributed by atoms with van der Waals surface area (Å²) in [5.41, 5.74) is 2.73. The van der Waals surface area contributed by atoms with Gasteiger partial charge in [0.15, 0.2) is 5.78 Å². The van der Waals surface area contributed by atoms with Gasteiger partial charge in [0.05, 0.1) is 0 Å². The van der Waals surface area contributed by atoms with Crippen LogP contribution in [0.15, 0.2) is 0 Å². The Balaban J connectivity index is 2.98. The summed E-state index contributed by atoms with van der Waals surface area (Å²) in [6, 6.07) is 0. The summed E-state index contributed by atoms with van der Waals surface area (Å²) < 4.78 is 0. The lowest BCUT2D eigenvalue weighted by atomic mass is 10.0. The van der Waals surface area contributed by atoms with E-state index in [0.717, 1.165) is 11.3 Å². The highest BCUT2D eigenvalue weighted by Gasteiger charge is 2.20. The van der Waals surface area contributed by atoms with E-state index in [1.807, 2.05) is 20.9 Å². The number of amides is 1. The molecular formula is C13H21N3O2. The van der Waals surface area contributed by atoms with Gasteiger partial charge in [-0.05, 0) is 32.9 Å². The second kappa shape index (κ2) is 6.35. The number of aromatic amines is 1. The van der Waals surface area contributed by atoms with Gasteiger partial charge in [0, 0.05) is 24.3 Å². The number of ketones is 1. The van der Waals surface area contributed by atoms with Gasteiger partial charge < -0.3 is 15.6 Å². The Morgan fingerprint density at radius 1 is 1.28 bits per heavy atom. The number of hydrogen-bond acceptors (Lipinski definition) is 3. The lowest BCUT2D eigenvalue weighted by Crippen LogP contribution is -2.31. The van der Waals surface area contributed by atoms with E-state index in [1.54, 1.807) is 0 Å². The van der Waals surface area contributed by atoms with Crippen LogP contribution in [0.4, 0.5) is 0 Å². The summed E-state index contributed by atoms with van der Waals surface area (Å²) >= 11 is 0. The Morgan fingerprint density at radius 2 is 1.94 bits per heavy atom. The van der Waals surface area contributed by atoms with Crippen LogP contribution in [-0.4, -0.2) is 36.8 Å². The van der Waals surface area contributed by atoms with Gasteiger partial charge in [-0.2, -0.15) is 0 Å². The van der Waals surface area contributed by atoms with Gasteiger partial charge in [0.25, 0.3) is 5.91 Å². The fraction of sp³-hybridized carbons (Fsp3) is 0.538. The Morgan fingerprint density at radius 3 is 2.44 bits per heavy atom. The zero-order valence-corrected chi connectivity index (χ0v) is 11.4. The number of likely N-dealkylation sites (N-methyl/N-ethyl adjacent to an activating group) is 1. The molecular weight excluding hydrogens is 230 g/mol. The van der Waals surface area contributed by atoms with Crippen LogP contribution in [0.5, 0.6) is 0 Å². The highest BCUT2D eigenvalue weighted by Crippen LogP contribution is 2.20. The Labute approximate surface area is 107 Å². The van der Waals surface area contributed by atoms with Crippen molar-refractivity contribution in [3.8, 4) is 0 Å². The predicted molar refractivity (Wildman–Crippen MR) is 71.2 cm³/mol. The smallest absolute Gasteiger partial charge is 0.268 e. The number of H-pyrrole nitrogens is 1. The third-order valence-corrected chi connectivity index (χ3v) is 2.88. The fourth-order valence-electron chi connectivity index (χ4n) is 2.09. The van der Waals surface area contributed by atoms with Crippen LogP contribution in [-0.2, 0) is 6.42 Å². The van der Waals surface area contributed by atoms with Gasteiger partial charge >= 0.3 is 0 Å². The monoisotopic (exact) mass is 251 g/mol. The Kier molecular flexibility index (Phi) is 5.09. The average molecular weight is 251 g/mol. The molecule has 0 aliphatic carbocycles. The summed E-state index contributed by atoms with van der Waals surface area (Å²) in [6.45, 7) is 6.57. The molecule has 1 amide bonds. The van der Waals surface area contributed by atoms with Crippen LogP contribution in [0.25, 0.3) is 0 Å². The van der Waals surface area contributed by atoms with Crippen LogP contribution in [0, 0.1) is 6.92 Å². The SMILES string of the molecule is CCc1c(C(=O)NCCNC)[nH]c(C)c1C(C)=O. The van der Waals surface area contributed by atoms with Crippen LogP contribution < -0.4 is 10.6 Å².